The quantitative estimate of drug-likeness (QED) is 0.915. The molecule has 0 amide bonds. The van der Waals surface area contributed by atoms with Gasteiger partial charge in [-0.05, 0) is 41.8 Å². The van der Waals surface area contributed by atoms with Crippen molar-refractivity contribution in [2.24, 2.45) is 0 Å². The highest BCUT2D eigenvalue weighted by molar-refractivity contribution is 7.84. The van der Waals surface area contributed by atoms with Crippen LogP contribution in [0.15, 0.2) is 47.4 Å². The fraction of sp³-hybridized carbons (Fsp3) is 0.188. The van der Waals surface area contributed by atoms with Gasteiger partial charge in [0.05, 0.1) is 23.0 Å². The Hall–Kier alpha value is -1.65. The van der Waals surface area contributed by atoms with Crippen LogP contribution in [-0.2, 0) is 27.8 Å². The van der Waals surface area contributed by atoms with E-state index < -0.39 is 16.8 Å². The summed E-state index contributed by atoms with van der Waals surface area (Å²) in [7, 11) is -1.20. The Bertz CT molecular complexity index is 680. The molecule has 0 aromatic heterocycles. The molecule has 0 saturated heterocycles. The predicted molar refractivity (Wildman–Crippen MR) is 84.1 cm³/mol. The Labute approximate surface area is 131 Å². The highest BCUT2D eigenvalue weighted by Crippen LogP contribution is 2.21. The number of hydrogen-bond donors (Lipinski definition) is 1. The Kier molecular flexibility index (Phi) is 5.15. The molecule has 21 heavy (non-hydrogen) atoms. The van der Waals surface area contributed by atoms with Gasteiger partial charge in [-0.3, -0.25) is 9.00 Å². The number of halogens is 1. The van der Waals surface area contributed by atoms with Crippen molar-refractivity contribution in [3.05, 3.63) is 64.2 Å². The van der Waals surface area contributed by atoms with Crippen LogP contribution in [0.4, 0.5) is 0 Å². The molecule has 0 bridgehead atoms. The predicted octanol–water partition coefficient (Wildman–Crippen LogP) is 3.58. The molecule has 2 aromatic rings. The number of carboxylic acids is 1. The van der Waals surface area contributed by atoms with Crippen molar-refractivity contribution < 1.29 is 14.1 Å². The lowest BCUT2D eigenvalue weighted by Crippen LogP contribution is -2.01. The first-order valence-corrected chi connectivity index (χ1v) is 8.09. The van der Waals surface area contributed by atoms with Crippen molar-refractivity contribution in [3.8, 4) is 0 Å². The molecule has 0 aliphatic rings. The zero-order valence-corrected chi connectivity index (χ0v) is 13.1. The molecule has 0 spiro atoms. The molecule has 0 aliphatic heterocycles. The first kappa shape index (κ1) is 15.7. The first-order valence-electron chi connectivity index (χ1n) is 6.40. The van der Waals surface area contributed by atoms with Crippen molar-refractivity contribution in [3.63, 3.8) is 0 Å². The fourth-order valence-electron chi connectivity index (χ4n) is 1.93. The SMILES string of the molecule is Cc1ccc(CS(=O)c2ccc(CC(=O)O)cc2)c(Cl)c1. The molecule has 0 fully saturated rings. The number of carbonyl (C=O) groups is 1. The van der Waals surface area contributed by atoms with Gasteiger partial charge < -0.3 is 5.11 Å². The number of hydrogen-bond acceptors (Lipinski definition) is 2. The maximum Gasteiger partial charge on any atom is 0.307 e. The molecular formula is C16H15ClO3S. The number of aryl methyl sites for hydroxylation is 1. The summed E-state index contributed by atoms with van der Waals surface area (Å²) in [6, 6.07) is 12.5. The molecule has 1 N–H and O–H groups in total. The lowest BCUT2D eigenvalue weighted by atomic mass is 10.2. The van der Waals surface area contributed by atoms with Gasteiger partial charge in [0.1, 0.15) is 0 Å². The minimum absolute atomic E-state index is 0.0310. The molecule has 0 radical (unpaired) electrons. The van der Waals surface area contributed by atoms with Crippen LogP contribution in [0.5, 0.6) is 0 Å². The lowest BCUT2D eigenvalue weighted by molar-refractivity contribution is -0.136. The summed E-state index contributed by atoms with van der Waals surface area (Å²) in [5, 5.41) is 9.34. The van der Waals surface area contributed by atoms with E-state index in [1.54, 1.807) is 24.3 Å². The van der Waals surface area contributed by atoms with Gasteiger partial charge in [-0.2, -0.15) is 0 Å². The van der Waals surface area contributed by atoms with E-state index in [1.165, 1.54) is 0 Å². The Balaban J connectivity index is 2.11. The normalized spacial score (nSPS) is 12.1. The summed E-state index contributed by atoms with van der Waals surface area (Å²) < 4.78 is 12.3. The van der Waals surface area contributed by atoms with Crippen molar-refractivity contribution in [1.82, 2.24) is 0 Å². The molecule has 2 rings (SSSR count). The fourth-order valence-corrected chi connectivity index (χ4v) is 3.45. The van der Waals surface area contributed by atoms with Gasteiger partial charge in [-0.15, -0.1) is 0 Å². The van der Waals surface area contributed by atoms with Gasteiger partial charge in [0.15, 0.2) is 0 Å². The van der Waals surface area contributed by atoms with E-state index in [1.807, 2.05) is 25.1 Å². The highest BCUT2D eigenvalue weighted by atomic mass is 35.5. The van der Waals surface area contributed by atoms with Crippen molar-refractivity contribution in [2.75, 3.05) is 0 Å². The molecule has 3 nitrogen and oxygen atoms in total. The first-order chi connectivity index (χ1) is 9.95. The zero-order valence-electron chi connectivity index (χ0n) is 11.5. The summed E-state index contributed by atoms with van der Waals surface area (Å²) in [5.74, 6) is -0.535. The molecule has 0 saturated carbocycles. The second-order valence-electron chi connectivity index (χ2n) is 4.80. The second kappa shape index (κ2) is 6.87. The van der Waals surface area contributed by atoms with E-state index in [4.69, 9.17) is 16.7 Å². The van der Waals surface area contributed by atoms with Gasteiger partial charge in [-0.1, -0.05) is 35.9 Å². The van der Waals surface area contributed by atoms with Crippen LogP contribution in [0.2, 0.25) is 5.02 Å². The number of aliphatic carboxylic acids is 1. The van der Waals surface area contributed by atoms with Crippen LogP contribution in [0.3, 0.4) is 0 Å². The largest absolute Gasteiger partial charge is 0.481 e. The van der Waals surface area contributed by atoms with Gasteiger partial charge in [0.2, 0.25) is 0 Å². The maximum absolute atomic E-state index is 12.3. The molecular weight excluding hydrogens is 308 g/mol. The maximum atomic E-state index is 12.3. The summed E-state index contributed by atoms with van der Waals surface area (Å²) in [4.78, 5) is 11.3. The van der Waals surface area contributed by atoms with E-state index >= 15 is 0 Å². The van der Waals surface area contributed by atoms with Crippen LogP contribution in [-0.4, -0.2) is 15.3 Å². The van der Waals surface area contributed by atoms with E-state index in [0.717, 1.165) is 11.1 Å². The van der Waals surface area contributed by atoms with Crippen molar-refractivity contribution >= 4 is 28.4 Å². The summed E-state index contributed by atoms with van der Waals surface area (Å²) >= 11 is 6.14. The third-order valence-electron chi connectivity index (χ3n) is 3.04. The molecule has 0 aliphatic carbocycles. The van der Waals surface area contributed by atoms with Crippen molar-refractivity contribution in [2.45, 2.75) is 24.0 Å². The van der Waals surface area contributed by atoms with Gasteiger partial charge in [-0.25, -0.2) is 0 Å². The Morgan fingerprint density at radius 1 is 1.19 bits per heavy atom. The smallest absolute Gasteiger partial charge is 0.307 e. The zero-order chi connectivity index (χ0) is 15.4. The topological polar surface area (TPSA) is 54.4 Å². The Morgan fingerprint density at radius 2 is 1.86 bits per heavy atom. The van der Waals surface area contributed by atoms with E-state index in [0.29, 0.717) is 21.2 Å². The average Bonchev–Trinajstić information content (AvgIpc) is 2.42. The van der Waals surface area contributed by atoms with E-state index in [2.05, 4.69) is 0 Å². The molecule has 0 heterocycles. The third kappa shape index (κ3) is 4.41. The molecule has 1 atom stereocenters. The molecule has 1 unspecified atom stereocenters. The van der Waals surface area contributed by atoms with E-state index in [9.17, 15) is 9.00 Å². The lowest BCUT2D eigenvalue weighted by Gasteiger charge is -2.06. The third-order valence-corrected chi connectivity index (χ3v) is 4.76. The Morgan fingerprint density at radius 3 is 2.43 bits per heavy atom. The monoisotopic (exact) mass is 322 g/mol. The summed E-state index contributed by atoms with van der Waals surface area (Å²) in [6.07, 6.45) is -0.0310. The van der Waals surface area contributed by atoms with Crippen LogP contribution >= 0.6 is 11.6 Å². The second-order valence-corrected chi connectivity index (χ2v) is 6.66. The summed E-state index contributed by atoms with van der Waals surface area (Å²) in [6.45, 7) is 1.95. The highest BCUT2D eigenvalue weighted by Gasteiger charge is 2.09. The minimum atomic E-state index is -1.20. The number of carboxylic acid groups (broad SMARTS) is 1. The van der Waals surface area contributed by atoms with Crippen LogP contribution < -0.4 is 0 Å². The number of rotatable bonds is 5. The summed E-state index contributed by atoms with van der Waals surface area (Å²) in [5.41, 5.74) is 2.60. The van der Waals surface area contributed by atoms with Gasteiger partial charge in [0, 0.05) is 9.92 Å². The molecule has 2 aromatic carbocycles. The van der Waals surface area contributed by atoms with E-state index in [-0.39, 0.29) is 6.42 Å². The van der Waals surface area contributed by atoms with Crippen LogP contribution in [0.1, 0.15) is 16.7 Å². The van der Waals surface area contributed by atoms with Crippen molar-refractivity contribution in [1.29, 1.82) is 0 Å². The van der Waals surface area contributed by atoms with Gasteiger partial charge >= 0.3 is 5.97 Å². The van der Waals surface area contributed by atoms with Crippen LogP contribution in [0.25, 0.3) is 0 Å². The standard InChI is InChI=1S/C16H15ClO3S/c1-11-2-5-13(15(17)8-11)10-21(20)14-6-3-12(4-7-14)9-16(18)19/h2-8H,9-10H2,1H3,(H,18,19). The minimum Gasteiger partial charge on any atom is -0.481 e. The number of benzene rings is 2. The molecule has 110 valence electrons. The molecule has 5 heteroatoms. The average molecular weight is 323 g/mol. The van der Waals surface area contributed by atoms with Crippen LogP contribution in [0, 0.1) is 6.92 Å². The van der Waals surface area contributed by atoms with Gasteiger partial charge in [0.25, 0.3) is 0 Å².